The van der Waals surface area contributed by atoms with Crippen molar-refractivity contribution in [3.63, 3.8) is 0 Å². The van der Waals surface area contributed by atoms with E-state index in [2.05, 4.69) is 23.9 Å². The standard InChI is InChI=1S/C14H19F2NOS/c1-10-9-17-14(2,19-10)8-7-11-3-5-12(6-4-11)18-13(15)16/h3-6,10,13,17H,7-9H2,1-2H3. The fraction of sp³-hybridized carbons (Fsp3) is 0.571. The second-order valence-electron chi connectivity index (χ2n) is 5.06. The van der Waals surface area contributed by atoms with Crippen molar-refractivity contribution in [2.75, 3.05) is 6.54 Å². The van der Waals surface area contributed by atoms with E-state index >= 15 is 0 Å². The summed E-state index contributed by atoms with van der Waals surface area (Å²) in [5.41, 5.74) is 1.14. The number of alkyl halides is 2. The fourth-order valence-corrected chi connectivity index (χ4v) is 3.70. The molecule has 0 bridgehead atoms. The number of hydrogen-bond donors (Lipinski definition) is 1. The van der Waals surface area contributed by atoms with E-state index in [-0.39, 0.29) is 10.6 Å². The van der Waals surface area contributed by atoms with Crippen LogP contribution >= 0.6 is 11.8 Å². The second-order valence-corrected chi connectivity index (χ2v) is 7.00. The molecule has 19 heavy (non-hydrogen) atoms. The van der Waals surface area contributed by atoms with E-state index in [1.807, 2.05) is 23.9 Å². The van der Waals surface area contributed by atoms with Crippen molar-refractivity contribution in [2.45, 2.75) is 43.4 Å². The van der Waals surface area contributed by atoms with Gasteiger partial charge in [-0.3, -0.25) is 0 Å². The van der Waals surface area contributed by atoms with Crippen LogP contribution in [0.25, 0.3) is 0 Å². The summed E-state index contributed by atoms with van der Waals surface area (Å²) in [5.74, 6) is 0.215. The van der Waals surface area contributed by atoms with Crippen LogP contribution in [0.15, 0.2) is 24.3 Å². The minimum absolute atomic E-state index is 0.123. The largest absolute Gasteiger partial charge is 0.435 e. The summed E-state index contributed by atoms with van der Waals surface area (Å²) in [6, 6.07) is 6.90. The van der Waals surface area contributed by atoms with Gasteiger partial charge in [0.25, 0.3) is 0 Å². The van der Waals surface area contributed by atoms with Crippen molar-refractivity contribution < 1.29 is 13.5 Å². The third kappa shape index (κ3) is 4.35. The Bertz CT molecular complexity index is 412. The fourth-order valence-electron chi connectivity index (χ4n) is 2.25. The molecule has 0 radical (unpaired) electrons. The molecule has 2 nitrogen and oxygen atoms in total. The van der Waals surface area contributed by atoms with E-state index in [1.54, 1.807) is 12.1 Å². The van der Waals surface area contributed by atoms with Crippen molar-refractivity contribution in [1.29, 1.82) is 0 Å². The molecule has 1 aromatic carbocycles. The van der Waals surface area contributed by atoms with Crippen LogP contribution in [0.5, 0.6) is 5.75 Å². The van der Waals surface area contributed by atoms with Gasteiger partial charge in [-0.2, -0.15) is 8.78 Å². The molecule has 1 aliphatic rings. The first-order chi connectivity index (χ1) is 8.97. The summed E-state index contributed by atoms with van der Waals surface area (Å²) < 4.78 is 28.4. The Morgan fingerprint density at radius 2 is 2.11 bits per heavy atom. The molecule has 0 amide bonds. The first kappa shape index (κ1) is 14.6. The van der Waals surface area contributed by atoms with Gasteiger partial charge in [-0.05, 0) is 37.5 Å². The van der Waals surface area contributed by atoms with Gasteiger partial charge in [0.05, 0.1) is 4.87 Å². The topological polar surface area (TPSA) is 21.3 Å². The van der Waals surface area contributed by atoms with E-state index in [4.69, 9.17) is 0 Å². The molecule has 1 heterocycles. The van der Waals surface area contributed by atoms with E-state index < -0.39 is 6.61 Å². The lowest BCUT2D eigenvalue weighted by atomic mass is 10.1. The molecule has 1 N–H and O–H groups in total. The first-order valence-corrected chi connectivity index (χ1v) is 7.31. The lowest BCUT2D eigenvalue weighted by Crippen LogP contribution is -2.34. The number of thioether (sulfide) groups is 1. The maximum absolute atomic E-state index is 12.0. The summed E-state index contributed by atoms with van der Waals surface area (Å²) in [6.45, 7) is 2.72. The molecule has 0 aliphatic carbocycles. The van der Waals surface area contributed by atoms with Crippen LogP contribution in [0.1, 0.15) is 25.8 Å². The van der Waals surface area contributed by atoms with Gasteiger partial charge in [0, 0.05) is 11.8 Å². The van der Waals surface area contributed by atoms with E-state index in [0.29, 0.717) is 5.25 Å². The highest BCUT2D eigenvalue weighted by Gasteiger charge is 2.32. The normalized spacial score (nSPS) is 26.9. The zero-order valence-corrected chi connectivity index (χ0v) is 12.0. The molecule has 106 valence electrons. The maximum atomic E-state index is 12.0. The average Bonchev–Trinajstić information content (AvgIpc) is 2.68. The third-order valence-electron chi connectivity index (χ3n) is 3.26. The first-order valence-electron chi connectivity index (χ1n) is 6.43. The van der Waals surface area contributed by atoms with Crippen LogP contribution in [0, 0.1) is 0 Å². The Labute approximate surface area is 116 Å². The Morgan fingerprint density at radius 1 is 1.42 bits per heavy atom. The monoisotopic (exact) mass is 287 g/mol. The van der Waals surface area contributed by atoms with Crippen LogP contribution in [0.3, 0.4) is 0 Å². The van der Waals surface area contributed by atoms with Gasteiger partial charge in [0.2, 0.25) is 0 Å². The summed E-state index contributed by atoms with van der Waals surface area (Å²) in [5, 5.41) is 4.17. The van der Waals surface area contributed by atoms with Crippen molar-refractivity contribution in [3.05, 3.63) is 29.8 Å². The van der Waals surface area contributed by atoms with Crippen LogP contribution in [0.2, 0.25) is 0 Å². The number of aryl methyl sites for hydroxylation is 1. The molecule has 1 aliphatic heterocycles. The zero-order chi connectivity index (χ0) is 13.9. The molecular formula is C14H19F2NOS. The van der Waals surface area contributed by atoms with Gasteiger partial charge in [0.1, 0.15) is 5.75 Å². The molecule has 0 saturated carbocycles. The summed E-state index contributed by atoms with van der Waals surface area (Å²) >= 11 is 1.96. The maximum Gasteiger partial charge on any atom is 0.387 e. The molecule has 0 aromatic heterocycles. The van der Waals surface area contributed by atoms with Gasteiger partial charge < -0.3 is 10.1 Å². The molecule has 1 saturated heterocycles. The quantitative estimate of drug-likeness (QED) is 0.893. The highest BCUT2D eigenvalue weighted by molar-refractivity contribution is 8.01. The average molecular weight is 287 g/mol. The third-order valence-corrected chi connectivity index (χ3v) is 4.70. The molecule has 2 atom stereocenters. The van der Waals surface area contributed by atoms with Crippen LogP contribution in [0.4, 0.5) is 8.78 Å². The van der Waals surface area contributed by atoms with Gasteiger partial charge in [-0.1, -0.05) is 19.1 Å². The summed E-state index contributed by atoms with van der Waals surface area (Å²) in [4.78, 5) is 0.123. The highest BCUT2D eigenvalue weighted by atomic mass is 32.2. The van der Waals surface area contributed by atoms with Gasteiger partial charge in [-0.25, -0.2) is 0 Å². The number of ether oxygens (including phenoxy) is 1. The van der Waals surface area contributed by atoms with Crippen molar-refractivity contribution in [1.82, 2.24) is 5.32 Å². The van der Waals surface area contributed by atoms with Gasteiger partial charge in [0.15, 0.2) is 0 Å². The smallest absolute Gasteiger partial charge is 0.387 e. The molecule has 2 rings (SSSR count). The van der Waals surface area contributed by atoms with Crippen molar-refractivity contribution in [3.8, 4) is 5.75 Å². The number of halogens is 2. The molecule has 1 aromatic rings. The minimum Gasteiger partial charge on any atom is -0.435 e. The van der Waals surface area contributed by atoms with E-state index in [0.717, 1.165) is 24.9 Å². The number of rotatable bonds is 5. The Balaban J connectivity index is 1.86. The SMILES string of the molecule is CC1CNC(C)(CCc2ccc(OC(F)F)cc2)S1. The predicted molar refractivity (Wildman–Crippen MR) is 74.9 cm³/mol. The zero-order valence-electron chi connectivity index (χ0n) is 11.2. The molecule has 0 spiro atoms. The van der Waals surface area contributed by atoms with Crippen LogP contribution < -0.4 is 10.1 Å². The van der Waals surface area contributed by atoms with Crippen molar-refractivity contribution in [2.24, 2.45) is 0 Å². The second kappa shape index (κ2) is 6.09. The number of benzene rings is 1. The van der Waals surface area contributed by atoms with Crippen LogP contribution in [-0.2, 0) is 6.42 Å². The Hall–Kier alpha value is -0.810. The Kier molecular flexibility index (Phi) is 4.68. The summed E-state index contributed by atoms with van der Waals surface area (Å²) in [6.07, 6.45) is 1.95. The summed E-state index contributed by atoms with van der Waals surface area (Å²) in [7, 11) is 0. The molecule has 2 unspecified atom stereocenters. The lowest BCUT2D eigenvalue weighted by Gasteiger charge is -2.23. The van der Waals surface area contributed by atoms with Gasteiger partial charge in [-0.15, -0.1) is 11.8 Å². The molecular weight excluding hydrogens is 268 g/mol. The predicted octanol–water partition coefficient (Wildman–Crippen LogP) is 3.66. The van der Waals surface area contributed by atoms with Crippen LogP contribution in [-0.4, -0.2) is 23.3 Å². The minimum atomic E-state index is -2.76. The molecule has 5 heteroatoms. The number of hydrogen-bond acceptors (Lipinski definition) is 3. The highest BCUT2D eigenvalue weighted by Crippen LogP contribution is 2.35. The van der Waals surface area contributed by atoms with Crippen molar-refractivity contribution >= 4 is 11.8 Å². The Morgan fingerprint density at radius 3 is 2.63 bits per heavy atom. The lowest BCUT2D eigenvalue weighted by molar-refractivity contribution is -0.0498. The number of nitrogens with one attached hydrogen (secondary N) is 1. The molecule has 1 fully saturated rings. The van der Waals surface area contributed by atoms with E-state index in [1.165, 1.54) is 0 Å². The van der Waals surface area contributed by atoms with Gasteiger partial charge >= 0.3 is 6.61 Å². The van der Waals surface area contributed by atoms with E-state index in [9.17, 15) is 8.78 Å².